The number of hydrogen-bond donors (Lipinski definition) is 1. The lowest BCUT2D eigenvalue weighted by Gasteiger charge is -2.32. The Morgan fingerprint density at radius 1 is 1.50 bits per heavy atom. The molecule has 3 heterocycles. The summed E-state index contributed by atoms with van der Waals surface area (Å²) < 4.78 is 5.14. The van der Waals surface area contributed by atoms with E-state index in [1.807, 2.05) is 17.5 Å². The Kier molecular flexibility index (Phi) is 3.48. The third-order valence-corrected chi connectivity index (χ3v) is 4.50. The molecule has 0 bridgehead atoms. The number of urea groups is 1. The summed E-state index contributed by atoms with van der Waals surface area (Å²) in [5, 5.41) is 4.85. The van der Waals surface area contributed by atoms with Crippen molar-refractivity contribution >= 4 is 23.3 Å². The molecule has 0 fully saturated rings. The number of nitrogens with one attached hydrogen (secondary N) is 1. The van der Waals surface area contributed by atoms with Gasteiger partial charge in [-0.3, -0.25) is 4.90 Å². The number of ether oxygens (including phenoxy) is 1. The zero-order valence-electron chi connectivity index (χ0n) is 11.2. The predicted molar refractivity (Wildman–Crippen MR) is 75.2 cm³/mol. The van der Waals surface area contributed by atoms with Crippen LogP contribution in [0.3, 0.4) is 0 Å². The van der Waals surface area contributed by atoms with Crippen LogP contribution in [0.15, 0.2) is 28.8 Å². The minimum atomic E-state index is -0.370. The predicted octanol–water partition coefficient (Wildman–Crippen LogP) is 2.43. The first-order chi connectivity index (χ1) is 9.72. The minimum absolute atomic E-state index is 0.145. The molecule has 6 heteroatoms. The monoisotopic (exact) mass is 292 g/mol. The topological polar surface area (TPSA) is 58.6 Å². The maximum atomic E-state index is 12.3. The van der Waals surface area contributed by atoms with Gasteiger partial charge >= 0.3 is 12.0 Å². The summed E-state index contributed by atoms with van der Waals surface area (Å²) >= 11 is 1.53. The first-order valence-electron chi connectivity index (χ1n) is 6.74. The van der Waals surface area contributed by atoms with Crippen LogP contribution < -0.4 is 5.32 Å². The smallest absolute Gasteiger partial charge is 0.338 e. The molecule has 5 nitrogen and oxygen atoms in total. The maximum Gasteiger partial charge on any atom is 0.338 e. The number of thiophene rings is 1. The number of cyclic esters (lactones) is 1. The number of carbonyl (C=O) groups excluding carboxylic acids is 2. The highest BCUT2D eigenvalue weighted by molar-refractivity contribution is 7.10. The Hall–Kier alpha value is -1.82. The summed E-state index contributed by atoms with van der Waals surface area (Å²) in [6.07, 6.45) is 1.90. The second kappa shape index (κ2) is 5.28. The van der Waals surface area contributed by atoms with Crippen LogP contribution in [0.4, 0.5) is 4.79 Å². The molecule has 106 valence electrons. The Labute approximate surface area is 121 Å². The van der Waals surface area contributed by atoms with E-state index in [1.165, 1.54) is 11.3 Å². The van der Waals surface area contributed by atoms with Crippen molar-refractivity contribution < 1.29 is 14.3 Å². The Morgan fingerprint density at radius 3 is 3.05 bits per heavy atom. The highest BCUT2D eigenvalue weighted by atomic mass is 32.1. The van der Waals surface area contributed by atoms with Gasteiger partial charge in [-0.1, -0.05) is 19.4 Å². The van der Waals surface area contributed by atoms with Crippen LogP contribution in [0.1, 0.15) is 30.7 Å². The minimum Gasteiger partial charge on any atom is -0.456 e. The molecule has 1 aromatic rings. The van der Waals surface area contributed by atoms with E-state index in [0.29, 0.717) is 12.1 Å². The van der Waals surface area contributed by atoms with Gasteiger partial charge in [0.25, 0.3) is 0 Å². The van der Waals surface area contributed by atoms with Crippen LogP contribution in [0, 0.1) is 0 Å². The molecule has 0 aromatic carbocycles. The molecule has 1 N–H and O–H groups in total. The molecule has 0 saturated carbocycles. The van der Waals surface area contributed by atoms with Crippen LogP contribution in [0.2, 0.25) is 0 Å². The quantitative estimate of drug-likeness (QED) is 0.867. The molecule has 2 aliphatic rings. The number of hydrogen-bond acceptors (Lipinski definition) is 4. The summed E-state index contributed by atoms with van der Waals surface area (Å²) in [5.74, 6) is -0.320. The lowest BCUT2D eigenvalue weighted by atomic mass is 10.0. The highest BCUT2D eigenvalue weighted by Gasteiger charge is 2.42. The van der Waals surface area contributed by atoms with Gasteiger partial charge in [0, 0.05) is 11.4 Å². The van der Waals surface area contributed by atoms with E-state index in [1.54, 1.807) is 4.90 Å². The Morgan fingerprint density at radius 2 is 2.35 bits per heavy atom. The summed E-state index contributed by atoms with van der Waals surface area (Å²) in [5.41, 5.74) is 1.31. The van der Waals surface area contributed by atoms with E-state index in [9.17, 15) is 9.59 Å². The van der Waals surface area contributed by atoms with Gasteiger partial charge in [-0.15, -0.1) is 11.3 Å². The number of amides is 2. The molecule has 2 amide bonds. The second-order valence-electron chi connectivity index (χ2n) is 4.84. The zero-order valence-corrected chi connectivity index (χ0v) is 12.0. The van der Waals surface area contributed by atoms with E-state index in [0.717, 1.165) is 23.4 Å². The lowest BCUT2D eigenvalue weighted by Crippen LogP contribution is -2.47. The number of nitrogens with zero attached hydrogens (tertiary/aromatic N) is 1. The Balaban J connectivity index is 1.98. The summed E-state index contributed by atoms with van der Waals surface area (Å²) in [4.78, 5) is 26.9. The SMILES string of the molecule is CCCCN1C(=O)N[C@H](c2cccs2)C2=C1COC2=O. The molecule has 3 rings (SSSR count). The molecule has 0 unspecified atom stereocenters. The van der Waals surface area contributed by atoms with Gasteiger partial charge in [-0.25, -0.2) is 9.59 Å². The van der Waals surface area contributed by atoms with Crippen molar-refractivity contribution in [2.45, 2.75) is 25.8 Å². The molecule has 1 atom stereocenters. The van der Waals surface area contributed by atoms with Crippen molar-refractivity contribution in [1.29, 1.82) is 0 Å². The zero-order chi connectivity index (χ0) is 14.1. The van der Waals surface area contributed by atoms with Gasteiger partial charge in [0.1, 0.15) is 6.61 Å². The fraction of sp³-hybridized carbons (Fsp3) is 0.429. The maximum absolute atomic E-state index is 12.3. The van der Waals surface area contributed by atoms with Crippen LogP contribution in [0.25, 0.3) is 0 Å². The van der Waals surface area contributed by atoms with Crippen molar-refractivity contribution in [2.24, 2.45) is 0 Å². The highest BCUT2D eigenvalue weighted by Crippen LogP contribution is 2.36. The molecular formula is C14H16N2O3S. The average molecular weight is 292 g/mol. The van der Waals surface area contributed by atoms with Crippen LogP contribution in [0.5, 0.6) is 0 Å². The van der Waals surface area contributed by atoms with Crippen LogP contribution in [-0.2, 0) is 9.53 Å². The molecule has 0 spiro atoms. The number of esters is 1. The third-order valence-electron chi connectivity index (χ3n) is 3.56. The van der Waals surface area contributed by atoms with E-state index in [-0.39, 0.29) is 24.6 Å². The van der Waals surface area contributed by atoms with Gasteiger partial charge < -0.3 is 10.1 Å². The van der Waals surface area contributed by atoms with Crippen molar-refractivity contribution in [1.82, 2.24) is 10.2 Å². The van der Waals surface area contributed by atoms with Gasteiger partial charge in [-0.05, 0) is 17.9 Å². The van der Waals surface area contributed by atoms with E-state index >= 15 is 0 Å². The van der Waals surface area contributed by atoms with Crippen molar-refractivity contribution in [3.63, 3.8) is 0 Å². The Bertz CT molecular complexity index is 565. The molecule has 20 heavy (non-hydrogen) atoms. The van der Waals surface area contributed by atoms with Crippen LogP contribution in [-0.4, -0.2) is 30.1 Å². The van der Waals surface area contributed by atoms with Gasteiger partial charge in [0.2, 0.25) is 0 Å². The van der Waals surface area contributed by atoms with Crippen molar-refractivity contribution in [3.8, 4) is 0 Å². The number of carbonyl (C=O) groups is 2. The van der Waals surface area contributed by atoms with E-state index < -0.39 is 0 Å². The molecule has 2 aliphatic heterocycles. The van der Waals surface area contributed by atoms with Gasteiger partial charge in [-0.2, -0.15) is 0 Å². The summed E-state index contributed by atoms with van der Waals surface area (Å²) in [6, 6.07) is 3.32. The molecule has 1 aromatic heterocycles. The van der Waals surface area contributed by atoms with Crippen LogP contribution >= 0.6 is 11.3 Å². The standard InChI is InChI=1S/C14H16N2O3S/c1-2-3-6-16-9-8-19-13(17)11(9)12(15-14(16)18)10-5-4-7-20-10/h4-5,7,12H,2-3,6,8H2,1H3,(H,15,18)/t12-/m1/s1. The van der Waals surface area contributed by atoms with E-state index in [4.69, 9.17) is 4.74 Å². The average Bonchev–Trinajstić information content (AvgIpc) is 3.07. The largest absolute Gasteiger partial charge is 0.456 e. The van der Waals surface area contributed by atoms with Gasteiger partial charge in [0.05, 0.1) is 17.3 Å². The summed E-state index contributed by atoms with van der Waals surface area (Å²) in [6.45, 7) is 2.89. The molecular weight excluding hydrogens is 276 g/mol. The van der Waals surface area contributed by atoms with Crippen molar-refractivity contribution in [2.75, 3.05) is 13.2 Å². The fourth-order valence-electron chi connectivity index (χ4n) is 2.53. The van der Waals surface area contributed by atoms with Crippen molar-refractivity contribution in [3.05, 3.63) is 33.7 Å². The second-order valence-corrected chi connectivity index (χ2v) is 5.82. The van der Waals surface area contributed by atoms with Gasteiger partial charge in [0.15, 0.2) is 0 Å². The fourth-order valence-corrected chi connectivity index (χ4v) is 3.32. The molecule has 0 aliphatic carbocycles. The molecule has 0 radical (unpaired) electrons. The normalized spacial score (nSPS) is 21.9. The number of rotatable bonds is 4. The first-order valence-corrected chi connectivity index (χ1v) is 7.62. The molecule has 0 saturated heterocycles. The number of unbranched alkanes of at least 4 members (excludes halogenated alkanes) is 1. The van der Waals surface area contributed by atoms with E-state index in [2.05, 4.69) is 12.2 Å². The summed E-state index contributed by atoms with van der Waals surface area (Å²) in [7, 11) is 0. The third kappa shape index (κ3) is 2.10. The first kappa shape index (κ1) is 13.2. The lowest BCUT2D eigenvalue weighted by molar-refractivity contribution is -0.136.